The van der Waals surface area contributed by atoms with Crippen molar-refractivity contribution in [2.24, 2.45) is 5.41 Å². The molecule has 0 bridgehead atoms. The van der Waals surface area contributed by atoms with Crippen LogP contribution in [0.2, 0.25) is 0 Å². The van der Waals surface area contributed by atoms with Gasteiger partial charge in [0, 0.05) is 5.41 Å². The van der Waals surface area contributed by atoms with Crippen molar-refractivity contribution < 1.29 is 0 Å². The molecule has 0 heteroatoms. The molecule has 1 saturated carbocycles. The van der Waals surface area contributed by atoms with E-state index < -0.39 is 0 Å². The van der Waals surface area contributed by atoms with Gasteiger partial charge in [0.25, 0.3) is 0 Å². The van der Waals surface area contributed by atoms with Crippen molar-refractivity contribution in [1.29, 1.82) is 0 Å². The number of hydrogen-bond donors (Lipinski definition) is 0. The summed E-state index contributed by atoms with van der Waals surface area (Å²) in [6.07, 6.45) is 20.1. The molecule has 1 fully saturated rings. The van der Waals surface area contributed by atoms with Crippen LogP contribution in [0.5, 0.6) is 0 Å². The molecule has 0 radical (unpaired) electrons. The number of allylic oxidation sites excluding steroid dienone is 12. The first kappa shape index (κ1) is 20.0. The molecule has 0 atom stereocenters. The van der Waals surface area contributed by atoms with Gasteiger partial charge >= 0.3 is 0 Å². The fourth-order valence-corrected chi connectivity index (χ4v) is 3.46. The summed E-state index contributed by atoms with van der Waals surface area (Å²) in [4.78, 5) is 0. The number of hydrogen-bond acceptors (Lipinski definition) is 0. The van der Waals surface area contributed by atoms with Gasteiger partial charge in [-0.15, -0.1) is 0 Å². The van der Waals surface area contributed by atoms with Crippen LogP contribution < -0.4 is 0 Å². The summed E-state index contributed by atoms with van der Waals surface area (Å²) < 4.78 is 0. The van der Waals surface area contributed by atoms with Crippen molar-refractivity contribution in [2.75, 3.05) is 0 Å². The molecule has 0 N–H and O–H groups in total. The lowest BCUT2D eigenvalue weighted by Crippen LogP contribution is -2.10. The summed E-state index contributed by atoms with van der Waals surface area (Å²) in [5, 5.41) is 0. The normalized spacial score (nSPS) is 21.6. The third-order valence-corrected chi connectivity index (χ3v) is 5.31. The van der Waals surface area contributed by atoms with E-state index in [0.717, 1.165) is 12.8 Å². The smallest absolute Gasteiger partial charge is 0.00706 e. The van der Waals surface area contributed by atoms with Gasteiger partial charge in [0.1, 0.15) is 0 Å². The van der Waals surface area contributed by atoms with Crippen molar-refractivity contribution >= 4 is 5.57 Å². The van der Waals surface area contributed by atoms with Crippen molar-refractivity contribution in [3.05, 3.63) is 101 Å². The maximum Gasteiger partial charge on any atom is 0.00706 e. The van der Waals surface area contributed by atoms with E-state index in [0.29, 0.717) is 0 Å². The zero-order valence-corrected chi connectivity index (χ0v) is 16.9. The maximum absolute atomic E-state index is 2.38. The lowest BCUT2D eigenvalue weighted by atomic mass is 9.82. The molecule has 2 rings (SSSR count). The van der Waals surface area contributed by atoms with Crippen LogP contribution in [0.25, 0.3) is 5.57 Å². The van der Waals surface area contributed by atoms with Gasteiger partial charge in [0.15, 0.2) is 0 Å². The second-order valence-corrected chi connectivity index (χ2v) is 7.24. The average Bonchev–Trinajstić information content (AvgIpc) is 2.93. The van der Waals surface area contributed by atoms with Gasteiger partial charge in [-0.25, -0.2) is 0 Å². The van der Waals surface area contributed by atoms with Crippen molar-refractivity contribution in [2.45, 2.75) is 47.5 Å². The molecule has 0 amide bonds. The van der Waals surface area contributed by atoms with Gasteiger partial charge in [-0.3, -0.25) is 0 Å². The van der Waals surface area contributed by atoms with Crippen LogP contribution >= 0.6 is 0 Å². The molecule has 0 saturated heterocycles. The Morgan fingerprint density at radius 2 is 1.58 bits per heavy atom. The quantitative estimate of drug-likeness (QED) is 0.477. The van der Waals surface area contributed by atoms with Crippen LogP contribution in [0.4, 0.5) is 0 Å². The van der Waals surface area contributed by atoms with Gasteiger partial charge in [0.05, 0.1) is 0 Å². The first-order valence-corrected chi connectivity index (χ1v) is 9.62. The molecular formula is C26H32. The summed E-state index contributed by atoms with van der Waals surface area (Å²) >= 11 is 0. The van der Waals surface area contributed by atoms with Crippen LogP contribution in [-0.4, -0.2) is 0 Å². The minimum atomic E-state index is 0.143. The molecule has 1 aliphatic rings. The van der Waals surface area contributed by atoms with E-state index in [1.165, 1.54) is 27.9 Å². The second-order valence-electron chi connectivity index (χ2n) is 7.24. The summed E-state index contributed by atoms with van der Waals surface area (Å²) in [5.74, 6) is 0. The highest BCUT2D eigenvalue weighted by Gasteiger charge is 2.33. The van der Waals surface area contributed by atoms with E-state index in [1.54, 1.807) is 0 Å². The molecule has 1 aromatic rings. The number of benzene rings is 1. The standard InChI is InChI=1S/C26H32/c1-6-9-15-24-18-19-25(26(24,4)5)20-21(7-2)16-17-22(8-3)23-13-11-10-12-14-23/h6-17,20H,18-19H2,1-5H3/b9-6-,17-16-,21-7-,22-8+,24-15+,25-20+. The first-order valence-electron chi connectivity index (χ1n) is 9.62. The molecule has 1 aliphatic carbocycles. The zero-order valence-electron chi connectivity index (χ0n) is 16.9. The highest BCUT2D eigenvalue weighted by atomic mass is 14.4. The summed E-state index contributed by atoms with van der Waals surface area (Å²) in [7, 11) is 0. The minimum Gasteiger partial charge on any atom is -0.0877 e. The monoisotopic (exact) mass is 344 g/mol. The van der Waals surface area contributed by atoms with Crippen molar-refractivity contribution in [3.63, 3.8) is 0 Å². The molecule has 0 aromatic heterocycles. The van der Waals surface area contributed by atoms with Crippen molar-refractivity contribution in [3.8, 4) is 0 Å². The molecular weight excluding hydrogens is 312 g/mol. The fraction of sp³-hybridized carbons (Fsp3) is 0.308. The summed E-state index contributed by atoms with van der Waals surface area (Å²) in [5.41, 5.74) is 6.97. The Bertz CT molecular complexity index is 775. The van der Waals surface area contributed by atoms with Crippen LogP contribution in [-0.2, 0) is 0 Å². The van der Waals surface area contributed by atoms with Crippen molar-refractivity contribution in [1.82, 2.24) is 0 Å². The van der Waals surface area contributed by atoms with Crippen LogP contribution in [0, 0.1) is 5.41 Å². The lowest BCUT2D eigenvalue weighted by Gasteiger charge is -2.22. The van der Waals surface area contributed by atoms with E-state index in [9.17, 15) is 0 Å². The van der Waals surface area contributed by atoms with E-state index in [2.05, 4.69) is 114 Å². The molecule has 0 unspecified atom stereocenters. The molecule has 0 nitrogen and oxygen atoms in total. The average molecular weight is 345 g/mol. The van der Waals surface area contributed by atoms with E-state index in [-0.39, 0.29) is 5.41 Å². The molecule has 0 aliphatic heterocycles. The Hall–Kier alpha value is -2.34. The van der Waals surface area contributed by atoms with Gasteiger partial charge in [-0.05, 0) is 50.3 Å². The van der Waals surface area contributed by atoms with Gasteiger partial charge in [-0.2, -0.15) is 0 Å². The van der Waals surface area contributed by atoms with Gasteiger partial charge in [-0.1, -0.05) is 104 Å². The molecule has 0 heterocycles. The highest BCUT2D eigenvalue weighted by Crippen LogP contribution is 2.47. The molecule has 0 spiro atoms. The SMILES string of the molecule is C/C=C\C=C1/CC\C(=C/C(/C=C\C(=C/C)c2ccccc2)=C\C)C1(C)C. The predicted molar refractivity (Wildman–Crippen MR) is 117 cm³/mol. The Morgan fingerprint density at radius 1 is 0.885 bits per heavy atom. The van der Waals surface area contributed by atoms with Crippen LogP contribution in [0.3, 0.4) is 0 Å². The molecule has 26 heavy (non-hydrogen) atoms. The lowest BCUT2D eigenvalue weighted by molar-refractivity contribution is 0.570. The Morgan fingerprint density at radius 3 is 2.19 bits per heavy atom. The second kappa shape index (κ2) is 9.38. The van der Waals surface area contributed by atoms with E-state index in [4.69, 9.17) is 0 Å². The number of rotatable bonds is 5. The first-order chi connectivity index (χ1) is 12.5. The van der Waals surface area contributed by atoms with Crippen LogP contribution in [0.15, 0.2) is 95.7 Å². The van der Waals surface area contributed by atoms with Crippen LogP contribution in [0.1, 0.15) is 53.0 Å². The highest BCUT2D eigenvalue weighted by molar-refractivity contribution is 5.74. The maximum atomic E-state index is 2.38. The van der Waals surface area contributed by atoms with Gasteiger partial charge in [0.2, 0.25) is 0 Å². The van der Waals surface area contributed by atoms with E-state index in [1.807, 2.05) is 0 Å². The summed E-state index contributed by atoms with van der Waals surface area (Å²) in [6.45, 7) is 11.0. The third kappa shape index (κ3) is 4.85. The summed E-state index contributed by atoms with van der Waals surface area (Å²) in [6, 6.07) is 10.6. The molecule has 136 valence electrons. The Balaban J connectivity index is 2.23. The minimum absolute atomic E-state index is 0.143. The fourth-order valence-electron chi connectivity index (χ4n) is 3.46. The molecule has 1 aromatic carbocycles. The zero-order chi connectivity index (χ0) is 19.0. The largest absolute Gasteiger partial charge is 0.0877 e. The van der Waals surface area contributed by atoms with E-state index >= 15 is 0 Å². The predicted octanol–water partition coefficient (Wildman–Crippen LogP) is 7.84. The topological polar surface area (TPSA) is 0 Å². The Labute approximate surface area is 160 Å². The van der Waals surface area contributed by atoms with Gasteiger partial charge < -0.3 is 0 Å². The Kier molecular flexibility index (Phi) is 7.21. The third-order valence-electron chi connectivity index (χ3n) is 5.31.